The molecule has 10 nitrogen and oxygen atoms in total. The molecule has 0 aromatic heterocycles. The Morgan fingerprint density at radius 2 is 1.87 bits per heavy atom. The SMILES string of the molecule is CCS(=O)(=O)N1CCC(C(=O)NCc2c3c(c(O)c4c2OCO4)C(=O)N(C)CC3)CC1. The Kier molecular flexibility index (Phi) is 5.73. The van der Waals surface area contributed by atoms with E-state index in [-0.39, 0.29) is 53.9 Å². The first-order valence-corrected chi connectivity index (χ1v) is 12.0. The van der Waals surface area contributed by atoms with Crippen LogP contribution in [0.2, 0.25) is 0 Å². The summed E-state index contributed by atoms with van der Waals surface area (Å²) in [5, 5.41) is 13.5. The van der Waals surface area contributed by atoms with E-state index in [2.05, 4.69) is 5.32 Å². The van der Waals surface area contributed by atoms with Gasteiger partial charge in [0.05, 0.1) is 11.3 Å². The van der Waals surface area contributed by atoms with Crippen LogP contribution >= 0.6 is 0 Å². The predicted molar refractivity (Wildman–Crippen MR) is 110 cm³/mol. The van der Waals surface area contributed by atoms with E-state index in [0.29, 0.717) is 55.8 Å². The van der Waals surface area contributed by atoms with Crippen molar-refractivity contribution < 1.29 is 32.6 Å². The lowest BCUT2D eigenvalue weighted by Crippen LogP contribution is -2.43. The molecule has 0 bridgehead atoms. The van der Waals surface area contributed by atoms with Crippen LogP contribution in [-0.2, 0) is 27.8 Å². The van der Waals surface area contributed by atoms with Gasteiger partial charge in [-0.25, -0.2) is 12.7 Å². The molecule has 3 aliphatic rings. The molecule has 11 heteroatoms. The van der Waals surface area contributed by atoms with Gasteiger partial charge in [-0.15, -0.1) is 0 Å². The van der Waals surface area contributed by atoms with E-state index < -0.39 is 10.0 Å². The van der Waals surface area contributed by atoms with Crippen molar-refractivity contribution in [2.45, 2.75) is 32.7 Å². The highest BCUT2D eigenvalue weighted by Crippen LogP contribution is 2.49. The molecular weight excluding hydrogens is 426 g/mol. The van der Waals surface area contributed by atoms with E-state index in [4.69, 9.17) is 9.47 Å². The largest absolute Gasteiger partial charge is 0.504 e. The molecule has 0 aliphatic carbocycles. The predicted octanol–water partition coefficient (Wildman–Crippen LogP) is 0.427. The van der Waals surface area contributed by atoms with Crippen molar-refractivity contribution in [3.8, 4) is 17.2 Å². The fraction of sp³-hybridized carbons (Fsp3) is 0.600. The number of aromatic hydroxyl groups is 1. The minimum atomic E-state index is -3.24. The summed E-state index contributed by atoms with van der Waals surface area (Å²) in [7, 11) is -1.58. The fourth-order valence-corrected chi connectivity index (χ4v) is 5.52. The van der Waals surface area contributed by atoms with E-state index in [1.165, 1.54) is 9.21 Å². The molecule has 170 valence electrons. The Hall–Kier alpha value is -2.53. The molecule has 31 heavy (non-hydrogen) atoms. The lowest BCUT2D eigenvalue weighted by molar-refractivity contribution is -0.126. The first-order valence-electron chi connectivity index (χ1n) is 10.4. The highest BCUT2D eigenvalue weighted by molar-refractivity contribution is 7.89. The van der Waals surface area contributed by atoms with Crippen molar-refractivity contribution in [3.63, 3.8) is 0 Å². The Bertz CT molecular complexity index is 1020. The maximum absolute atomic E-state index is 12.8. The third-order valence-corrected chi connectivity index (χ3v) is 8.17. The topological polar surface area (TPSA) is 125 Å². The molecule has 1 saturated heterocycles. The lowest BCUT2D eigenvalue weighted by atomic mass is 9.91. The Balaban J connectivity index is 1.50. The van der Waals surface area contributed by atoms with E-state index in [0.717, 1.165) is 0 Å². The number of carbonyl (C=O) groups excluding carboxylic acids is 2. The van der Waals surface area contributed by atoms with E-state index in [9.17, 15) is 23.1 Å². The fourth-order valence-electron chi connectivity index (χ4n) is 4.39. The second kappa shape index (κ2) is 8.19. The number of ether oxygens (including phenoxy) is 2. The molecular formula is C20H27N3O7S. The van der Waals surface area contributed by atoms with Gasteiger partial charge in [0.2, 0.25) is 28.5 Å². The summed E-state index contributed by atoms with van der Waals surface area (Å²) < 4.78 is 36.4. The summed E-state index contributed by atoms with van der Waals surface area (Å²) >= 11 is 0. The number of hydrogen-bond donors (Lipinski definition) is 2. The van der Waals surface area contributed by atoms with Gasteiger partial charge in [-0.2, -0.15) is 0 Å². The molecule has 0 radical (unpaired) electrons. The third kappa shape index (κ3) is 3.80. The summed E-state index contributed by atoms with van der Waals surface area (Å²) in [5.74, 6) is -0.427. The number of nitrogens with zero attached hydrogens (tertiary/aromatic N) is 2. The second-order valence-corrected chi connectivity index (χ2v) is 10.3. The minimum Gasteiger partial charge on any atom is -0.504 e. The van der Waals surface area contributed by atoms with Crippen molar-refractivity contribution in [1.29, 1.82) is 0 Å². The molecule has 2 N–H and O–H groups in total. The highest BCUT2D eigenvalue weighted by Gasteiger charge is 2.36. The van der Waals surface area contributed by atoms with Crippen molar-refractivity contribution in [1.82, 2.24) is 14.5 Å². The molecule has 3 heterocycles. The van der Waals surface area contributed by atoms with Gasteiger partial charge < -0.3 is 24.8 Å². The molecule has 2 amide bonds. The van der Waals surface area contributed by atoms with Gasteiger partial charge >= 0.3 is 0 Å². The zero-order valence-corrected chi connectivity index (χ0v) is 18.5. The number of nitrogens with one attached hydrogen (secondary N) is 1. The van der Waals surface area contributed by atoms with Crippen LogP contribution in [0.15, 0.2) is 0 Å². The van der Waals surface area contributed by atoms with Crippen LogP contribution in [0.1, 0.15) is 41.3 Å². The Morgan fingerprint density at radius 3 is 2.55 bits per heavy atom. The molecule has 4 rings (SSSR count). The average Bonchev–Trinajstić information content (AvgIpc) is 3.26. The van der Waals surface area contributed by atoms with Gasteiger partial charge in [-0.3, -0.25) is 9.59 Å². The van der Waals surface area contributed by atoms with Crippen LogP contribution in [0.5, 0.6) is 17.2 Å². The number of benzene rings is 1. The molecule has 0 unspecified atom stereocenters. The third-order valence-electron chi connectivity index (χ3n) is 6.28. The molecule has 0 spiro atoms. The Labute approximate surface area is 181 Å². The molecule has 3 aliphatic heterocycles. The zero-order valence-electron chi connectivity index (χ0n) is 17.6. The number of fused-ring (bicyclic) bond motifs is 2. The van der Waals surface area contributed by atoms with E-state index in [1.54, 1.807) is 14.0 Å². The van der Waals surface area contributed by atoms with Gasteiger partial charge in [0.1, 0.15) is 0 Å². The number of sulfonamides is 1. The van der Waals surface area contributed by atoms with Crippen LogP contribution in [0.25, 0.3) is 0 Å². The quantitative estimate of drug-likeness (QED) is 0.662. The first-order chi connectivity index (χ1) is 14.7. The van der Waals surface area contributed by atoms with E-state index >= 15 is 0 Å². The molecule has 1 fully saturated rings. The molecule has 1 aromatic carbocycles. The lowest BCUT2D eigenvalue weighted by Gasteiger charge is -2.30. The summed E-state index contributed by atoms with van der Waals surface area (Å²) in [5.41, 5.74) is 1.50. The first kappa shape index (κ1) is 21.7. The minimum absolute atomic E-state index is 0.0525. The average molecular weight is 454 g/mol. The standard InChI is InChI=1S/C20H27N3O7S/c1-3-31(27,28)23-8-4-12(5-9-23)19(25)21-10-14-13-6-7-22(2)20(26)15(13)16(24)18-17(14)29-11-30-18/h12,24H,3-11H2,1-2H3,(H,21,25). The van der Waals surface area contributed by atoms with Crippen LogP contribution in [0.3, 0.4) is 0 Å². The second-order valence-electron chi connectivity index (χ2n) is 8.01. The molecule has 0 atom stereocenters. The maximum atomic E-state index is 12.8. The van der Waals surface area contributed by atoms with Crippen LogP contribution in [-0.4, -0.2) is 73.8 Å². The normalized spacial score (nSPS) is 19.4. The number of piperidine rings is 1. The van der Waals surface area contributed by atoms with Crippen molar-refractivity contribution >= 4 is 21.8 Å². The smallest absolute Gasteiger partial charge is 0.257 e. The summed E-state index contributed by atoms with van der Waals surface area (Å²) in [4.78, 5) is 26.9. The zero-order chi connectivity index (χ0) is 22.3. The van der Waals surface area contributed by atoms with Gasteiger partial charge in [0.15, 0.2) is 11.5 Å². The number of phenols is 1. The van der Waals surface area contributed by atoms with Crippen LogP contribution in [0, 0.1) is 5.92 Å². The summed E-state index contributed by atoms with van der Waals surface area (Å²) in [6, 6.07) is 0. The van der Waals surface area contributed by atoms with Gasteiger partial charge in [0, 0.05) is 44.7 Å². The summed E-state index contributed by atoms with van der Waals surface area (Å²) in [6.45, 7) is 2.83. The Morgan fingerprint density at radius 1 is 1.19 bits per heavy atom. The number of amides is 2. The summed E-state index contributed by atoms with van der Waals surface area (Å²) in [6.07, 6.45) is 1.44. The van der Waals surface area contributed by atoms with Crippen LogP contribution < -0.4 is 14.8 Å². The molecule has 1 aromatic rings. The monoisotopic (exact) mass is 453 g/mol. The van der Waals surface area contributed by atoms with Crippen LogP contribution in [0.4, 0.5) is 0 Å². The van der Waals surface area contributed by atoms with Crippen molar-refractivity contribution in [2.24, 2.45) is 5.92 Å². The number of hydrogen-bond acceptors (Lipinski definition) is 7. The highest BCUT2D eigenvalue weighted by atomic mass is 32.2. The van der Waals surface area contributed by atoms with Gasteiger partial charge in [-0.05, 0) is 31.7 Å². The maximum Gasteiger partial charge on any atom is 0.257 e. The van der Waals surface area contributed by atoms with Gasteiger partial charge in [-0.1, -0.05) is 0 Å². The van der Waals surface area contributed by atoms with E-state index in [1.807, 2.05) is 0 Å². The number of rotatable bonds is 5. The van der Waals surface area contributed by atoms with Crippen molar-refractivity contribution in [3.05, 3.63) is 16.7 Å². The number of carbonyl (C=O) groups is 2. The molecule has 0 saturated carbocycles. The van der Waals surface area contributed by atoms with Crippen molar-refractivity contribution in [2.75, 3.05) is 39.2 Å². The number of phenolic OH excluding ortho intramolecular Hbond substituents is 1. The van der Waals surface area contributed by atoms with Gasteiger partial charge in [0.25, 0.3) is 5.91 Å². The number of likely N-dealkylation sites (N-methyl/N-ethyl adjacent to an activating group) is 1.